The standard InChI is InChI=1S/C7H8Cl2N2O3/c1-13-4-5(8)10-7(9)11-6(4)14-3-2-12/h12H,2-3H2,1H3. The topological polar surface area (TPSA) is 64.5 Å². The van der Waals surface area contributed by atoms with E-state index in [0.717, 1.165) is 0 Å². The summed E-state index contributed by atoms with van der Waals surface area (Å²) in [5.74, 6) is 0.316. The van der Waals surface area contributed by atoms with Gasteiger partial charge in [-0.15, -0.1) is 0 Å². The zero-order valence-electron chi connectivity index (χ0n) is 7.33. The minimum atomic E-state index is -0.137. The van der Waals surface area contributed by atoms with Crippen LogP contribution in [0.3, 0.4) is 0 Å². The highest BCUT2D eigenvalue weighted by molar-refractivity contribution is 6.33. The van der Waals surface area contributed by atoms with Gasteiger partial charge in [0.15, 0.2) is 5.15 Å². The molecule has 7 heteroatoms. The van der Waals surface area contributed by atoms with Gasteiger partial charge in [0, 0.05) is 0 Å². The van der Waals surface area contributed by atoms with Crippen LogP contribution in [0.4, 0.5) is 0 Å². The molecule has 0 aliphatic carbocycles. The maximum atomic E-state index is 8.55. The molecule has 0 aromatic carbocycles. The number of aliphatic hydroxyl groups is 1. The molecule has 0 atom stereocenters. The molecule has 0 saturated heterocycles. The van der Waals surface area contributed by atoms with Crippen LogP contribution < -0.4 is 9.47 Å². The van der Waals surface area contributed by atoms with Gasteiger partial charge in [-0.2, -0.15) is 4.98 Å². The van der Waals surface area contributed by atoms with E-state index in [1.807, 2.05) is 0 Å². The van der Waals surface area contributed by atoms with Crippen molar-refractivity contribution < 1.29 is 14.6 Å². The molecule has 1 aromatic heterocycles. The van der Waals surface area contributed by atoms with Gasteiger partial charge in [0.25, 0.3) is 5.88 Å². The Hall–Kier alpha value is -0.780. The summed E-state index contributed by atoms with van der Waals surface area (Å²) in [6, 6.07) is 0. The van der Waals surface area contributed by atoms with Crippen LogP contribution in [0.5, 0.6) is 11.6 Å². The van der Waals surface area contributed by atoms with Crippen molar-refractivity contribution in [2.24, 2.45) is 0 Å². The largest absolute Gasteiger partial charge is 0.489 e. The first-order valence-corrected chi connectivity index (χ1v) is 4.45. The fraction of sp³-hybridized carbons (Fsp3) is 0.429. The molecule has 0 radical (unpaired) electrons. The van der Waals surface area contributed by atoms with E-state index in [0.29, 0.717) is 0 Å². The number of nitrogens with zero attached hydrogens (tertiary/aromatic N) is 2. The van der Waals surface area contributed by atoms with Crippen molar-refractivity contribution in [3.8, 4) is 11.6 Å². The minimum absolute atomic E-state index is 0.0382. The fourth-order valence-electron chi connectivity index (χ4n) is 0.791. The Morgan fingerprint density at radius 3 is 2.64 bits per heavy atom. The molecule has 1 rings (SSSR count). The first-order chi connectivity index (χ1) is 6.69. The summed E-state index contributed by atoms with van der Waals surface area (Å²) in [6.45, 7) is -0.0531. The van der Waals surface area contributed by atoms with Crippen molar-refractivity contribution in [3.05, 3.63) is 10.4 Å². The smallest absolute Gasteiger partial charge is 0.263 e. The first kappa shape index (κ1) is 11.3. The summed E-state index contributed by atoms with van der Waals surface area (Å²) in [5.41, 5.74) is 0. The molecular weight excluding hydrogens is 231 g/mol. The van der Waals surface area contributed by atoms with Crippen molar-refractivity contribution in [1.82, 2.24) is 9.97 Å². The van der Waals surface area contributed by atoms with E-state index in [1.54, 1.807) is 0 Å². The molecular formula is C7H8Cl2N2O3. The Morgan fingerprint density at radius 1 is 1.36 bits per heavy atom. The second kappa shape index (κ2) is 5.19. The lowest BCUT2D eigenvalue weighted by atomic mass is 10.5. The maximum Gasteiger partial charge on any atom is 0.263 e. The summed E-state index contributed by atoms with van der Waals surface area (Å²) in [6.07, 6.45) is 0. The second-order valence-corrected chi connectivity index (χ2v) is 2.89. The average molecular weight is 239 g/mol. The first-order valence-electron chi connectivity index (χ1n) is 3.69. The Morgan fingerprint density at radius 2 is 2.07 bits per heavy atom. The molecule has 0 unspecified atom stereocenters. The van der Waals surface area contributed by atoms with Crippen LogP contribution in [-0.4, -0.2) is 35.4 Å². The van der Waals surface area contributed by atoms with Crippen molar-refractivity contribution >= 4 is 23.2 Å². The van der Waals surface area contributed by atoms with Crippen LogP contribution in [0.2, 0.25) is 10.4 Å². The molecule has 1 aromatic rings. The number of aliphatic hydroxyl groups excluding tert-OH is 1. The molecule has 1 N–H and O–H groups in total. The molecule has 14 heavy (non-hydrogen) atoms. The third kappa shape index (κ3) is 2.60. The fourth-order valence-corrected chi connectivity index (χ4v) is 1.23. The number of aromatic nitrogens is 2. The molecule has 0 amide bonds. The Kier molecular flexibility index (Phi) is 4.19. The minimum Gasteiger partial charge on any atom is -0.489 e. The lowest BCUT2D eigenvalue weighted by Gasteiger charge is -2.09. The van der Waals surface area contributed by atoms with Crippen LogP contribution in [-0.2, 0) is 0 Å². The van der Waals surface area contributed by atoms with E-state index in [4.69, 9.17) is 37.8 Å². The van der Waals surface area contributed by atoms with Gasteiger partial charge in [-0.25, -0.2) is 4.98 Å². The average Bonchev–Trinajstić information content (AvgIpc) is 2.14. The van der Waals surface area contributed by atoms with Crippen LogP contribution in [0.1, 0.15) is 0 Å². The highest BCUT2D eigenvalue weighted by Gasteiger charge is 2.13. The van der Waals surface area contributed by atoms with Gasteiger partial charge in [0.2, 0.25) is 11.0 Å². The third-order valence-corrected chi connectivity index (χ3v) is 1.73. The molecule has 0 bridgehead atoms. The number of hydrogen-bond acceptors (Lipinski definition) is 5. The Balaban J connectivity index is 2.99. The van der Waals surface area contributed by atoms with E-state index in [9.17, 15) is 0 Å². The van der Waals surface area contributed by atoms with Crippen LogP contribution >= 0.6 is 23.2 Å². The maximum absolute atomic E-state index is 8.55. The number of halogens is 2. The summed E-state index contributed by atoms with van der Waals surface area (Å²) >= 11 is 11.3. The van der Waals surface area contributed by atoms with Gasteiger partial charge in [0.05, 0.1) is 13.7 Å². The molecule has 5 nitrogen and oxygen atoms in total. The molecule has 0 saturated carbocycles. The Labute approximate surface area is 90.6 Å². The van der Waals surface area contributed by atoms with Crippen LogP contribution in [0.15, 0.2) is 0 Å². The highest BCUT2D eigenvalue weighted by Crippen LogP contribution is 2.32. The monoisotopic (exact) mass is 238 g/mol. The van der Waals surface area contributed by atoms with Gasteiger partial charge < -0.3 is 14.6 Å². The van der Waals surface area contributed by atoms with Crippen molar-refractivity contribution in [1.29, 1.82) is 0 Å². The van der Waals surface area contributed by atoms with Crippen LogP contribution in [0.25, 0.3) is 0 Å². The number of hydrogen-bond donors (Lipinski definition) is 1. The van der Waals surface area contributed by atoms with Gasteiger partial charge in [0.1, 0.15) is 6.61 Å². The molecule has 0 aliphatic heterocycles. The van der Waals surface area contributed by atoms with Crippen LogP contribution in [0, 0.1) is 0 Å². The van der Waals surface area contributed by atoms with Crippen molar-refractivity contribution in [3.63, 3.8) is 0 Å². The normalized spacial score (nSPS) is 10.0. The molecule has 78 valence electrons. The molecule has 1 heterocycles. The number of methoxy groups -OCH3 is 1. The molecule has 0 aliphatic rings. The number of rotatable bonds is 4. The van der Waals surface area contributed by atoms with Gasteiger partial charge in [-0.1, -0.05) is 11.6 Å². The molecule has 0 fully saturated rings. The van der Waals surface area contributed by atoms with Gasteiger partial charge in [-0.3, -0.25) is 0 Å². The summed E-state index contributed by atoms with van der Waals surface area (Å²) in [7, 11) is 1.41. The zero-order chi connectivity index (χ0) is 10.6. The van der Waals surface area contributed by atoms with Crippen molar-refractivity contribution in [2.45, 2.75) is 0 Å². The van der Waals surface area contributed by atoms with Crippen molar-refractivity contribution in [2.75, 3.05) is 20.3 Å². The molecule has 0 spiro atoms. The van der Waals surface area contributed by atoms with Gasteiger partial charge in [-0.05, 0) is 11.6 Å². The number of ether oxygens (including phenoxy) is 2. The lowest BCUT2D eigenvalue weighted by molar-refractivity contribution is 0.191. The summed E-state index contributed by atoms with van der Waals surface area (Å²) in [5, 5.41) is 8.59. The van der Waals surface area contributed by atoms with Gasteiger partial charge >= 0.3 is 0 Å². The lowest BCUT2D eigenvalue weighted by Crippen LogP contribution is -2.05. The quantitative estimate of drug-likeness (QED) is 0.630. The second-order valence-electron chi connectivity index (χ2n) is 2.19. The van der Waals surface area contributed by atoms with E-state index >= 15 is 0 Å². The predicted octanol–water partition coefficient (Wildman–Crippen LogP) is 1.16. The predicted molar refractivity (Wildman–Crippen MR) is 51.2 cm³/mol. The SMILES string of the molecule is COc1c(Cl)nc(Cl)nc1OCCO. The Bertz CT molecular complexity index is 322. The van der Waals surface area contributed by atoms with E-state index in [-0.39, 0.29) is 35.3 Å². The van der Waals surface area contributed by atoms with E-state index in [1.165, 1.54) is 7.11 Å². The highest BCUT2D eigenvalue weighted by atomic mass is 35.5. The summed E-state index contributed by atoms with van der Waals surface area (Å²) < 4.78 is 9.95. The summed E-state index contributed by atoms with van der Waals surface area (Å²) in [4.78, 5) is 7.42. The van der Waals surface area contributed by atoms with E-state index < -0.39 is 0 Å². The van der Waals surface area contributed by atoms with E-state index in [2.05, 4.69) is 9.97 Å². The zero-order valence-corrected chi connectivity index (χ0v) is 8.84. The third-order valence-electron chi connectivity index (χ3n) is 1.30.